The number of rotatable bonds is 6. The van der Waals surface area contributed by atoms with Gasteiger partial charge in [-0.25, -0.2) is 4.79 Å². The predicted molar refractivity (Wildman–Crippen MR) is 117 cm³/mol. The van der Waals surface area contributed by atoms with Crippen LogP contribution >= 0.6 is 0 Å². The van der Waals surface area contributed by atoms with Gasteiger partial charge < -0.3 is 9.47 Å². The molecular formula is C26H26O3. The molecule has 3 aromatic rings. The van der Waals surface area contributed by atoms with Gasteiger partial charge in [0.05, 0.1) is 0 Å². The third-order valence-corrected chi connectivity index (χ3v) is 4.48. The van der Waals surface area contributed by atoms with Crippen LogP contribution in [0.25, 0.3) is 6.08 Å². The fraction of sp³-hybridized carbons (Fsp3) is 0.192. The van der Waals surface area contributed by atoms with E-state index in [1.54, 1.807) is 6.08 Å². The molecule has 148 valence electrons. The van der Waals surface area contributed by atoms with Crippen molar-refractivity contribution in [3.8, 4) is 11.5 Å². The summed E-state index contributed by atoms with van der Waals surface area (Å²) in [5.41, 5.74) is 3.29. The normalized spacial score (nSPS) is 11.4. The maximum absolute atomic E-state index is 12.1. The first-order valence-electron chi connectivity index (χ1n) is 9.67. The van der Waals surface area contributed by atoms with E-state index in [1.807, 2.05) is 78.9 Å². The van der Waals surface area contributed by atoms with Gasteiger partial charge in [-0.1, -0.05) is 75.4 Å². The first-order chi connectivity index (χ1) is 13.9. The third-order valence-electron chi connectivity index (χ3n) is 4.48. The van der Waals surface area contributed by atoms with Crippen molar-refractivity contribution in [3.63, 3.8) is 0 Å². The van der Waals surface area contributed by atoms with Gasteiger partial charge in [0.15, 0.2) is 0 Å². The van der Waals surface area contributed by atoms with Gasteiger partial charge in [-0.3, -0.25) is 0 Å². The van der Waals surface area contributed by atoms with E-state index < -0.39 is 5.97 Å². The lowest BCUT2D eigenvalue weighted by Gasteiger charge is -2.18. The van der Waals surface area contributed by atoms with E-state index in [9.17, 15) is 4.79 Å². The van der Waals surface area contributed by atoms with E-state index in [4.69, 9.17) is 9.47 Å². The van der Waals surface area contributed by atoms with Crippen LogP contribution in [0.2, 0.25) is 0 Å². The molecule has 29 heavy (non-hydrogen) atoms. The standard InChI is InChI=1S/C26H26O3/c1-26(2,3)22-12-16-24(17-13-22)29-25(27)18-11-20-9-14-23(15-10-20)28-19-21-7-5-4-6-8-21/h4-18H,19H2,1-3H3/b18-11+. The molecule has 0 atom stereocenters. The predicted octanol–water partition coefficient (Wildman–Crippen LogP) is 6.18. The van der Waals surface area contributed by atoms with Gasteiger partial charge >= 0.3 is 5.97 Å². The Morgan fingerprint density at radius 3 is 2.07 bits per heavy atom. The number of carbonyl (C=O) groups excluding carboxylic acids is 1. The highest BCUT2D eigenvalue weighted by molar-refractivity contribution is 5.88. The molecule has 3 aromatic carbocycles. The van der Waals surface area contributed by atoms with Crippen LogP contribution in [0, 0.1) is 0 Å². The number of hydrogen-bond donors (Lipinski definition) is 0. The van der Waals surface area contributed by atoms with Crippen molar-refractivity contribution < 1.29 is 14.3 Å². The van der Waals surface area contributed by atoms with Gasteiger partial charge in [-0.15, -0.1) is 0 Å². The van der Waals surface area contributed by atoms with Crippen molar-refractivity contribution in [1.29, 1.82) is 0 Å². The van der Waals surface area contributed by atoms with Gasteiger partial charge in [-0.2, -0.15) is 0 Å². The highest BCUT2D eigenvalue weighted by Crippen LogP contribution is 2.24. The van der Waals surface area contributed by atoms with Crippen molar-refractivity contribution >= 4 is 12.0 Å². The molecule has 0 amide bonds. The van der Waals surface area contributed by atoms with Crippen LogP contribution in [0.4, 0.5) is 0 Å². The lowest BCUT2D eigenvalue weighted by molar-refractivity contribution is -0.128. The number of benzene rings is 3. The van der Waals surface area contributed by atoms with Crippen LogP contribution in [0.3, 0.4) is 0 Å². The summed E-state index contributed by atoms with van der Waals surface area (Å²) in [6.07, 6.45) is 3.16. The highest BCUT2D eigenvalue weighted by Gasteiger charge is 2.13. The maximum Gasteiger partial charge on any atom is 0.336 e. The van der Waals surface area contributed by atoms with Crippen molar-refractivity contribution in [1.82, 2.24) is 0 Å². The first kappa shape index (κ1) is 20.4. The lowest BCUT2D eigenvalue weighted by atomic mass is 9.87. The van der Waals surface area contributed by atoms with Crippen LogP contribution in [-0.4, -0.2) is 5.97 Å². The Labute approximate surface area is 172 Å². The van der Waals surface area contributed by atoms with Crippen molar-refractivity contribution in [2.45, 2.75) is 32.8 Å². The minimum Gasteiger partial charge on any atom is -0.489 e. The molecule has 0 aliphatic rings. The Bertz CT molecular complexity index is 948. The molecule has 0 radical (unpaired) electrons. The minimum atomic E-state index is -0.405. The Morgan fingerprint density at radius 2 is 1.45 bits per heavy atom. The molecular weight excluding hydrogens is 360 g/mol. The van der Waals surface area contributed by atoms with E-state index in [1.165, 1.54) is 11.6 Å². The number of carbonyl (C=O) groups is 1. The fourth-order valence-corrected chi connectivity index (χ4v) is 2.75. The molecule has 0 unspecified atom stereocenters. The second-order valence-electron chi connectivity index (χ2n) is 7.87. The Balaban J connectivity index is 1.52. The van der Waals surface area contributed by atoms with Crippen LogP contribution in [0.5, 0.6) is 11.5 Å². The zero-order chi connectivity index (χ0) is 20.7. The number of esters is 1. The van der Waals surface area contributed by atoms with Crippen LogP contribution < -0.4 is 9.47 Å². The molecule has 0 N–H and O–H groups in total. The molecule has 0 aliphatic heterocycles. The average Bonchev–Trinajstić information content (AvgIpc) is 2.72. The SMILES string of the molecule is CC(C)(C)c1ccc(OC(=O)/C=C/c2ccc(OCc3ccccc3)cc2)cc1. The number of ether oxygens (including phenoxy) is 2. The molecule has 0 aromatic heterocycles. The summed E-state index contributed by atoms with van der Waals surface area (Å²) in [5, 5.41) is 0. The van der Waals surface area contributed by atoms with Crippen molar-refractivity contribution in [2.75, 3.05) is 0 Å². The maximum atomic E-state index is 12.1. The fourth-order valence-electron chi connectivity index (χ4n) is 2.75. The summed E-state index contributed by atoms with van der Waals surface area (Å²) in [7, 11) is 0. The topological polar surface area (TPSA) is 35.5 Å². The Kier molecular flexibility index (Phi) is 6.50. The van der Waals surface area contributed by atoms with Gasteiger partial charge in [0.25, 0.3) is 0 Å². The average molecular weight is 386 g/mol. The van der Waals surface area contributed by atoms with Crippen molar-refractivity contribution in [2.24, 2.45) is 0 Å². The molecule has 0 bridgehead atoms. The molecule has 3 nitrogen and oxygen atoms in total. The van der Waals surface area contributed by atoms with Crippen molar-refractivity contribution in [3.05, 3.63) is 102 Å². The molecule has 0 saturated carbocycles. The smallest absolute Gasteiger partial charge is 0.336 e. The first-order valence-corrected chi connectivity index (χ1v) is 9.67. The van der Waals surface area contributed by atoms with E-state index in [0.29, 0.717) is 12.4 Å². The van der Waals surface area contributed by atoms with E-state index >= 15 is 0 Å². The van der Waals surface area contributed by atoms with Gasteiger partial charge in [0.2, 0.25) is 0 Å². The van der Waals surface area contributed by atoms with Gasteiger partial charge in [-0.05, 0) is 52.4 Å². The van der Waals surface area contributed by atoms with Crippen LogP contribution in [0.1, 0.15) is 37.5 Å². The van der Waals surface area contributed by atoms with Crippen LogP contribution in [-0.2, 0) is 16.8 Å². The summed E-state index contributed by atoms with van der Waals surface area (Å²) in [5.74, 6) is 0.919. The lowest BCUT2D eigenvalue weighted by Crippen LogP contribution is -2.11. The summed E-state index contributed by atoms with van der Waals surface area (Å²) in [6.45, 7) is 6.97. The number of hydrogen-bond acceptors (Lipinski definition) is 3. The molecule has 3 heteroatoms. The molecule has 0 fully saturated rings. The molecule has 0 spiro atoms. The summed E-state index contributed by atoms with van der Waals surface area (Å²) >= 11 is 0. The summed E-state index contributed by atoms with van der Waals surface area (Å²) in [4.78, 5) is 12.1. The second-order valence-corrected chi connectivity index (χ2v) is 7.87. The second kappa shape index (κ2) is 9.24. The van der Waals surface area contributed by atoms with E-state index in [0.717, 1.165) is 16.9 Å². The largest absolute Gasteiger partial charge is 0.489 e. The molecule has 0 saturated heterocycles. The highest BCUT2D eigenvalue weighted by atomic mass is 16.5. The Hall–Kier alpha value is -3.33. The van der Waals surface area contributed by atoms with E-state index in [-0.39, 0.29) is 5.41 Å². The quantitative estimate of drug-likeness (QED) is 0.288. The monoisotopic (exact) mass is 386 g/mol. The molecule has 0 aliphatic carbocycles. The van der Waals surface area contributed by atoms with Crippen LogP contribution in [0.15, 0.2) is 84.9 Å². The zero-order valence-corrected chi connectivity index (χ0v) is 17.1. The molecule has 0 heterocycles. The Morgan fingerprint density at radius 1 is 0.828 bits per heavy atom. The van der Waals surface area contributed by atoms with E-state index in [2.05, 4.69) is 20.8 Å². The summed E-state index contributed by atoms with van der Waals surface area (Å²) < 4.78 is 11.1. The molecule has 3 rings (SSSR count). The zero-order valence-electron chi connectivity index (χ0n) is 17.1. The van der Waals surface area contributed by atoms with Gasteiger partial charge in [0.1, 0.15) is 18.1 Å². The minimum absolute atomic E-state index is 0.0689. The van der Waals surface area contributed by atoms with Gasteiger partial charge in [0, 0.05) is 6.08 Å². The summed E-state index contributed by atoms with van der Waals surface area (Å²) in [6, 6.07) is 25.2. The third kappa shape index (κ3) is 6.35.